The molecular weight excluding hydrogens is 354 g/mol. The summed E-state index contributed by atoms with van der Waals surface area (Å²) in [6, 6.07) is 5.19. The number of rotatable bonds is 5. The van der Waals surface area contributed by atoms with Crippen molar-refractivity contribution >= 4 is 31.6 Å². The number of likely N-dealkylation sites (tertiary alicyclic amines) is 1. The third kappa shape index (κ3) is 4.18. The van der Waals surface area contributed by atoms with Crippen molar-refractivity contribution < 1.29 is 8.42 Å². The van der Waals surface area contributed by atoms with Gasteiger partial charge >= 0.3 is 0 Å². The van der Waals surface area contributed by atoms with E-state index < -0.39 is 10.0 Å². The fraction of sp³-hybridized carbons (Fsp3) is 0.571. The number of anilines is 1. The molecule has 0 bridgehead atoms. The van der Waals surface area contributed by atoms with E-state index in [1.54, 1.807) is 12.1 Å². The van der Waals surface area contributed by atoms with E-state index in [4.69, 9.17) is 5.73 Å². The van der Waals surface area contributed by atoms with Crippen LogP contribution in [0.4, 0.5) is 5.69 Å². The van der Waals surface area contributed by atoms with Crippen molar-refractivity contribution in [1.82, 2.24) is 9.62 Å². The molecule has 5 nitrogen and oxygen atoms in total. The van der Waals surface area contributed by atoms with Gasteiger partial charge in [-0.2, -0.15) is 0 Å². The van der Waals surface area contributed by atoms with Crippen molar-refractivity contribution in [3.8, 4) is 0 Å². The number of nitrogens with one attached hydrogen (secondary N) is 1. The second-order valence-electron chi connectivity index (χ2n) is 5.78. The minimum atomic E-state index is -3.49. The van der Waals surface area contributed by atoms with Gasteiger partial charge in [-0.05, 0) is 66.9 Å². The van der Waals surface area contributed by atoms with Gasteiger partial charge in [-0.3, -0.25) is 0 Å². The van der Waals surface area contributed by atoms with Gasteiger partial charge in [0, 0.05) is 29.3 Å². The van der Waals surface area contributed by atoms with Gasteiger partial charge in [0.25, 0.3) is 0 Å². The molecule has 0 aliphatic carbocycles. The summed E-state index contributed by atoms with van der Waals surface area (Å²) in [7, 11) is -3.49. The van der Waals surface area contributed by atoms with Gasteiger partial charge in [0.05, 0.1) is 4.90 Å². The van der Waals surface area contributed by atoms with Crippen LogP contribution in [0.15, 0.2) is 27.6 Å². The number of halogens is 1. The molecule has 2 rings (SSSR count). The molecule has 0 saturated carbocycles. The molecule has 3 N–H and O–H groups in total. The molecule has 7 heteroatoms. The van der Waals surface area contributed by atoms with Crippen LogP contribution < -0.4 is 10.5 Å². The van der Waals surface area contributed by atoms with E-state index in [9.17, 15) is 8.42 Å². The van der Waals surface area contributed by atoms with Crippen LogP contribution in [0.3, 0.4) is 0 Å². The molecule has 1 saturated heterocycles. The van der Waals surface area contributed by atoms with E-state index in [0.29, 0.717) is 28.7 Å². The van der Waals surface area contributed by atoms with Gasteiger partial charge in [-0.25, -0.2) is 13.1 Å². The van der Waals surface area contributed by atoms with Gasteiger partial charge in [-0.15, -0.1) is 0 Å². The fourth-order valence-electron chi connectivity index (χ4n) is 2.50. The van der Waals surface area contributed by atoms with E-state index in [1.165, 1.54) is 6.07 Å². The zero-order chi connectivity index (χ0) is 15.6. The lowest BCUT2D eigenvalue weighted by Crippen LogP contribution is -2.33. The molecule has 0 radical (unpaired) electrons. The Balaban J connectivity index is 1.97. The van der Waals surface area contributed by atoms with Crippen molar-refractivity contribution in [2.45, 2.75) is 31.2 Å². The number of nitrogen functional groups attached to an aromatic ring is 1. The van der Waals surface area contributed by atoms with E-state index in [-0.39, 0.29) is 4.90 Å². The fourth-order valence-corrected chi connectivity index (χ4v) is 3.90. The second-order valence-corrected chi connectivity index (χ2v) is 8.40. The zero-order valence-corrected chi connectivity index (χ0v) is 14.7. The lowest BCUT2D eigenvalue weighted by atomic mass is 10.1. The first kappa shape index (κ1) is 16.7. The molecule has 21 heavy (non-hydrogen) atoms. The van der Waals surface area contributed by atoms with E-state index in [0.717, 1.165) is 19.5 Å². The van der Waals surface area contributed by atoms with Crippen molar-refractivity contribution in [3.63, 3.8) is 0 Å². The van der Waals surface area contributed by atoms with Crippen LogP contribution in [0.5, 0.6) is 0 Å². The molecule has 1 aliphatic rings. The molecular formula is C14H22BrN3O2S. The average Bonchev–Trinajstić information content (AvgIpc) is 2.89. The summed E-state index contributed by atoms with van der Waals surface area (Å²) in [4.78, 5) is 2.58. The summed E-state index contributed by atoms with van der Waals surface area (Å²) in [5.74, 6) is 0.370. The van der Waals surface area contributed by atoms with Crippen LogP contribution in [0.25, 0.3) is 0 Å². The summed E-state index contributed by atoms with van der Waals surface area (Å²) in [5, 5.41) is 0. The van der Waals surface area contributed by atoms with E-state index in [1.807, 2.05) is 0 Å². The van der Waals surface area contributed by atoms with Gasteiger partial charge in [-0.1, -0.05) is 0 Å². The zero-order valence-electron chi connectivity index (χ0n) is 12.3. The van der Waals surface area contributed by atoms with Crippen molar-refractivity contribution in [2.75, 3.05) is 25.4 Å². The maximum atomic E-state index is 12.3. The van der Waals surface area contributed by atoms with Crippen LogP contribution in [-0.4, -0.2) is 39.0 Å². The number of hydrogen-bond acceptors (Lipinski definition) is 4. The van der Waals surface area contributed by atoms with Crippen molar-refractivity contribution in [3.05, 3.63) is 22.7 Å². The van der Waals surface area contributed by atoms with Crippen LogP contribution in [0, 0.1) is 5.92 Å². The third-order valence-corrected chi connectivity index (χ3v) is 6.03. The molecule has 1 fully saturated rings. The van der Waals surface area contributed by atoms with Crippen LogP contribution >= 0.6 is 15.9 Å². The SMILES string of the molecule is CC(C)N1CCC(CNS(=O)(=O)c2ccc(Br)c(N)c2)C1. The molecule has 0 amide bonds. The minimum absolute atomic E-state index is 0.210. The summed E-state index contributed by atoms with van der Waals surface area (Å²) in [5.41, 5.74) is 6.16. The standard InChI is InChI=1S/C14H22BrN3O2S/c1-10(2)18-6-5-11(9-18)8-17-21(19,20)12-3-4-13(15)14(16)7-12/h3-4,7,10-11,17H,5-6,8-9,16H2,1-2H3. The van der Waals surface area contributed by atoms with Gasteiger partial charge in [0.1, 0.15) is 0 Å². The Morgan fingerprint density at radius 1 is 1.48 bits per heavy atom. The van der Waals surface area contributed by atoms with Gasteiger partial charge in [0.2, 0.25) is 10.0 Å². The maximum Gasteiger partial charge on any atom is 0.240 e. The Morgan fingerprint density at radius 3 is 2.76 bits per heavy atom. The summed E-state index contributed by atoms with van der Waals surface area (Å²) >= 11 is 3.26. The quantitative estimate of drug-likeness (QED) is 0.772. The third-order valence-electron chi connectivity index (χ3n) is 3.89. The monoisotopic (exact) mass is 375 g/mol. The number of hydrogen-bond donors (Lipinski definition) is 2. The lowest BCUT2D eigenvalue weighted by molar-refractivity contribution is 0.265. The predicted octanol–water partition coefficient (Wildman–Crippen LogP) is 2.04. The maximum absolute atomic E-state index is 12.3. The largest absolute Gasteiger partial charge is 0.398 e. The number of nitrogens with two attached hydrogens (primary N) is 1. The molecule has 1 aromatic rings. The highest BCUT2D eigenvalue weighted by Gasteiger charge is 2.25. The highest BCUT2D eigenvalue weighted by molar-refractivity contribution is 9.10. The first-order chi connectivity index (χ1) is 9.79. The number of sulfonamides is 1. The second kappa shape index (κ2) is 6.64. The predicted molar refractivity (Wildman–Crippen MR) is 88.6 cm³/mol. The first-order valence-corrected chi connectivity index (χ1v) is 9.36. The van der Waals surface area contributed by atoms with Crippen LogP contribution in [0.2, 0.25) is 0 Å². The normalized spacial score (nSPS) is 20.3. The summed E-state index contributed by atoms with van der Waals surface area (Å²) < 4.78 is 27.9. The Morgan fingerprint density at radius 2 is 2.19 bits per heavy atom. The molecule has 0 spiro atoms. The molecule has 1 heterocycles. The van der Waals surface area contributed by atoms with Gasteiger partial charge < -0.3 is 10.6 Å². The van der Waals surface area contributed by atoms with Gasteiger partial charge in [0.15, 0.2) is 0 Å². The molecule has 1 unspecified atom stereocenters. The molecule has 0 aromatic heterocycles. The number of benzene rings is 1. The Labute approximate surface area is 135 Å². The van der Waals surface area contributed by atoms with Crippen LogP contribution in [0.1, 0.15) is 20.3 Å². The minimum Gasteiger partial charge on any atom is -0.398 e. The van der Waals surface area contributed by atoms with Crippen LogP contribution in [-0.2, 0) is 10.0 Å². The summed E-state index contributed by atoms with van der Waals surface area (Å²) in [6.45, 7) is 6.79. The first-order valence-electron chi connectivity index (χ1n) is 7.08. The Bertz CT molecular complexity index is 604. The summed E-state index contributed by atoms with van der Waals surface area (Å²) in [6.07, 6.45) is 1.03. The van der Waals surface area contributed by atoms with E-state index in [2.05, 4.69) is 39.4 Å². The van der Waals surface area contributed by atoms with Crippen molar-refractivity contribution in [1.29, 1.82) is 0 Å². The smallest absolute Gasteiger partial charge is 0.240 e. The highest BCUT2D eigenvalue weighted by Crippen LogP contribution is 2.23. The molecule has 118 valence electrons. The molecule has 1 atom stereocenters. The topological polar surface area (TPSA) is 75.4 Å². The van der Waals surface area contributed by atoms with E-state index >= 15 is 0 Å². The average molecular weight is 376 g/mol. The Hall–Kier alpha value is -0.630. The highest BCUT2D eigenvalue weighted by atomic mass is 79.9. The molecule has 1 aliphatic heterocycles. The van der Waals surface area contributed by atoms with Crippen molar-refractivity contribution in [2.24, 2.45) is 5.92 Å². The number of nitrogens with zero attached hydrogens (tertiary/aromatic N) is 1. The molecule has 1 aromatic carbocycles. The lowest BCUT2D eigenvalue weighted by Gasteiger charge is -2.20. The Kier molecular flexibility index (Phi) is 5.29.